The van der Waals surface area contributed by atoms with Gasteiger partial charge >= 0.3 is 0 Å². The Kier molecular flexibility index (Phi) is 7.26. The van der Waals surface area contributed by atoms with Gasteiger partial charge in [-0.15, -0.1) is 0 Å². The lowest BCUT2D eigenvalue weighted by atomic mass is 9.54. The molecule has 0 bridgehead atoms. The molecule has 2 aromatic rings. The van der Waals surface area contributed by atoms with Crippen molar-refractivity contribution in [2.45, 2.75) is 37.4 Å². The topological polar surface area (TPSA) is 88.2 Å². The number of morpholine rings is 1. The van der Waals surface area contributed by atoms with Crippen LogP contribution in [0.15, 0.2) is 24.3 Å². The first kappa shape index (κ1) is 26.7. The van der Waals surface area contributed by atoms with Crippen LogP contribution in [0.1, 0.15) is 39.9 Å². The Balaban J connectivity index is 1.41. The lowest BCUT2D eigenvalue weighted by molar-refractivity contribution is -0.136. The number of fused-ring (bicyclic) bond motifs is 1. The van der Waals surface area contributed by atoms with Crippen molar-refractivity contribution in [1.29, 1.82) is 0 Å². The van der Waals surface area contributed by atoms with Gasteiger partial charge in [0.15, 0.2) is 15.7 Å². The third-order valence-corrected chi connectivity index (χ3v) is 8.21. The molecule has 13 heteroatoms. The highest BCUT2D eigenvalue weighted by atomic mass is 16.5. The van der Waals surface area contributed by atoms with E-state index in [0.29, 0.717) is 17.7 Å². The number of nitrogens with zero attached hydrogens (tertiary/aromatic N) is 2. The van der Waals surface area contributed by atoms with Crippen molar-refractivity contribution in [1.82, 2.24) is 15.1 Å². The zero-order valence-electron chi connectivity index (χ0n) is 23.0. The van der Waals surface area contributed by atoms with Crippen LogP contribution < -0.4 is 26.4 Å². The number of rotatable bonds is 6. The van der Waals surface area contributed by atoms with Crippen LogP contribution in [0.5, 0.6) is 5.75 Å². The molecule has 1 unspecified atom stereocenters. The number of hydrogen-bond acceptors (Lipinski definition) is 6. The molecule has 3 heterocycles. The third-order valence-electron chi connectivity index (χ3n) is 8.21. The van der Waals surface area contributed by atoms with E-state index in [2.05, 4.69) is 55.5 Å². The van der Waals surface area contributed by atoms with Crippen molar-refractivity contribution in [3.63, 3.8) is 0 Å². The van der Waals surface area contributed by atoms with Gasteiger partial charge in [-0.25, -0.2) is 0 Å². The van der Waals surface area contributed by atoms with E-state index in [-0.39, 0.29) is 24.8 Å². The normalized spacial score (nSPS) is 20.4. The summed E-state index contributed by atoms with van der Waals surface area (Å²) in [5, 5.41) is 1.71. The number of benzene rings is 2. The number of carbonyl (C=O) groups excluding carboxylic acids is 3. The molecule has 2 aromatic carbocycles. The van der Waals surface area contributed by atoms with Crippen molar-refractivity contribution in [2.24, 2.45) is 0 Å². The number of nitrogens with one attached hydrogen (secondary N) is 1. The van der Waals surface area contributed by atoms with Gasteiger partial charge in [0.25, 0.3) is 5.91 Å². The number of amides is 3. The van der Waals surface area contributed by atoms with Crippen LogP contribution >= 0.6 is 0 Å². The standard InChI is InChI=1S/C25H32B5N3O5/c26-16-10-13(11-32-6-8-37-9-7-32)21(27)22(28)20(16)25(29,30)38-18-3-1-2-14-15(18)12-33(24(14)36)17-4-5-19(34)31-23(17)35/h1-3,10,17H,4-9,11-12,26-30H2,(H,31,34,35). The third kappa shape index (κ3) is 4.94. The Morgan fingerprint density at radius 2 is 1.82 bits per heavy atom. The molecule has 0 radical (unpaired) electrons. The van der Waals surface area contributed by atoms with Crippen molar-refractivity contribution in [3.8, 4) is 5.75 Å². The Morgan fingerprint density at radius 1 is 1.08 bits per heavy atom. The van der Waals surface area contributed by atoms with Crippen molar-refractivity contribution >= 4 is 73.3 Å². The molecular formula is C25H32B5N3O5. The van der Waals surface area contributed by atoms with E-state index < -0.39 is 17.3 Å². The second-order valence-corrected chi connectivity index (χ2v) is 11.2. The molecular weight excluding hydrogens is 476 g/mol. The molecule has 1 atom stereocenters. The maximum atomic E-state index is 13.3. The van der Waals surface area contributed by atoms with E-state index in [9.17, 15) is 14.4 Å². The van der Waals surface area contributed by atoms with Gasteiger partial charge in [-0.3, -0.25) is 24.6 Å². The number of imide groups is 1. The predicted octanol–water partition coefficient (Wildman–Crippen LogP) is -5.49. The van der Waals surface area contributed by atoms with E-state index in [4.69, 9.17) is 9.47 Å². The minimum absolute atomic E-state index is 0.201. The second-order valence-electron chi connectivity index (χ2n) is 11.2. The molecule has 3 aliphatic rings. The number of ether oxygens (including phenoxy) is 2. The summed E-state index contributed by atoms with van der Waals surface area (Å²) in [6.45, 7) is 4.63. The van der Waals surface area contributed by atoms with E-state index >= 15 is 0 Å². The van der Waals surface area contributed by atoms with Gasteiger partial charge in [0.05, 0.1) is 25.2 Å². The summed E-state index contributed by atoms with van der Waals surface area (Å²) in [5.74, 6) is -0.264. The zero-order valence-corrected chi connectivity index (χ0v) is 23.0. The minimum Gasteiger partial charge on any atom is -0.501 e. The van der Waals surface area contributed by atoms with Crippen LogP contribution in [0.4, 0.5) is 0 Å². The molecule has 3 aliphatic heterocycles. The number of piperidine rings is 1. The molecule has 0 spiro atoms. The fourth-order valence-corrected chi connectivity index (χ4v) is 6.24. The summed E-state index contributed by atoms with van der Waals surface area (Å²) in [4.78, 5) is 41.4. The highest BCUT2D eigenvalue weighted by Gasteiger charge is 2.41. The van der Waals surface area contributed by atoms with E-state index in [1.165, 1.54) is 22.0 Å². The highest BCUT2D eigenvalue weighted by Crippen LogP contribution is 2.35. The Bertz CT molecular complexity index is 1310. The number of hydrogen-bond donors (Lipinski definition) is 1. The van der Waals surface area contributed by atoms with Crippen LogP contribution in [0.2, 0.25) is 0 Å². The fraction of sp³-hybridized carbons (Fsp3) is 0.400. The molecule has 38 heavy (non-hydrogen) atoms. The monoisotopic (exact) mass is 509 g/mol. The van der Waals surface area contributed by atoms with Gasteiger partial charge in [0.2, 0.25) is 11.8 Å². The molecule has 0 aromatic heterocycles. The van der Waals surface area contributed by atoms with Crippen molar-refractivity contribution < 1.29 is 23.9 Å². The average molecular weight is 509 g/mol. The smallest absolute Gasteiger partial charge is 0.255 e. The maximum absolute atomic E-state index is 13.3. The summed E-state index contributed by atoms with van der Waals surface area (Å²) in [6, 6.07) is 7.13. The molecule has 2 saturated heterocycles. The summed E-state index contributed by atoms with van der Waals surface area (Å²) in [7, 11) is 10.6. The van der Waals surface area contributed by atoms with Gasteiger partial charge in [-0.1, -0.05) is 28.5 Å². The first-order chi connectivity index (χ1) is 18.1. The van der Waals surface area contributed by atoms with Crippen LogP contribution in [-0.2, 0) is 32.8 Å². The lowest BCUT2D eigenvalue weighted by Gasteiger charge is -2.34. The summed E-state index contributed by atoms with van der Waals surface area (Å²) >= 11 is 0. The average Bonchev–Trinajstić information content (AvgIpc) is 3.20. The van der Waals surface area contributed by atoms with Crippen molar-refractivity contribution in [3.05, 3.63) is 46.5 Å². The molecule has 3 amide bonds. The van der Waals surface area contributed by atoms with Gasteiger partial charge in [0, 0.05) is 37.2 Å². The Hall–Kier alpha value is -2.91. The first-order valence-corrected chi connectivity index (χ1v) is 13.4. The zero-order chi connectivity index (χ0) is 27.2. The van der Waals surface area contributed by atoms with Gasteiger partial charge in [0.1, 0.15) is 35.3 Å². The molecule has 5 rings (SSSR count). The summed E-state index contributed by atoms with van der Waals surface area (Å²) in [5.41, 5.74) is 7.46. The molecule has 0 saturated carbocycles. The SMILES string of the molecule is Bc1cc(CN2CCOCC2)c(B)c(B)c1C(B)(B)Oc1cccc2c1CN(C1CCC(=O)NC1=O)C2=O. The van der Waals surface area contributed by atoms with Gasteiger partial charge in [-0.2, -0.15) is 0 Å². The highest BCUT2D eigenvalue weighted by molar-refractivity contribution is 6.54. The summed E-state index contributed by atoms with van der Waals surface area (Å²) in [6.07, 6.45) is 0.562. The first-order valence-electron chi connectivity index (χ1n) is 13.4. The van der Waals surface area contributed by atoms with Crippen LogP contribution in [0.25, 0.3) is 0 Å². The lowest BCUT2D eigenvalue weighted by Crippen LogP contribution is -2.52. The second kappa shape index (κ2) is 10.3. The fourth-order valence-electron chi connectivity index (χ4n) is 6.24. The van der Waals surface area contributed by atoms with E-state index in [0.717, 1.165) is 44.0 Å². The largest absolute Gasteiger partial charge is 0.501 e. The molecule has 192 valence electrons. The molecule has 2 fully saturated rings. The maximum Gasteiger partial charge on any atom is 0.255 e. The number of carbonyl (C=O) groups is 3. The molecule has 0 aliphatic carbocycles. The van der Waals surface area contributed by atoms with Crippen molar-refractivity contribution in [2.75, 3.05) is 26.3 Å². The van der Waals surface area contributed by atoms with Crippen LogP contribution in [0.3, 0.4) is 0 Å². The van der Waals surface area contributed by atoms with Crippen LogP contribution in [0, 0.1) is 0 Å². The van der Waals surface area contributed by atoms with E-state index in [1.54, 1.807) is 11.0 Å². The quantitative estimate of drug-likeness (QED) is 0.310. The summed E-state index contributed by atoms with van der Waals surface area (Å²) < 4.78 is 12.2. The predicted molar refractivity (Wildman–Crippen MR) is 159 cm³/mol. The Labute approximate surface area is 228 Å². The van der Waals surface area contributed by atoms with Gasteiger partial charge < -0.3 is 14.4 Å². The Morgan fingerprint density at radius 3 is 2.53 bits per heavy atom. The molecule has 1 N–H and O–H groups in total. The van der Waals surface area contributed by atoms with Crippen LogP contribution in [-0.4, -0.2) is 99.1 Å². The van der Waals surface area contributed by atoms with E-state index in [1.807, 2.05) is 12.1 Å². The molecule has 8 nitrogen and oxygen atoms in total. The minimum atomic E-state index is -0.656. The van der Waals surface area contributed by atoms with Gasteiger partial charge in [-0.05, 0) is 29.7 Å².